The van der Waals surface area contributed by atoms with Crippen LogP contribution in [0.15, 0.2) is 18.5 Å². The number of rotatable bonds is 6. The summed E-state index contributed by atoms with van der Waals surface area (Å²) >= 11 is 0. The fourth-order valence-corrected chi connectivity index (χ4v) is 2.47. The van der Waals surface area contributed by atoms with E-state index in [1.54, 1.807) is 10.9 Å². The van der Waals surface area contributed by atoms with E-state index in [0.29, 0.717) is 18.0 Å². The van der Waals surface area contributed by atoms with E-state index in [9.17, 15) is 4.79 Å². The molecule has 5 nitrogen and oxygen atoms in total. The van der Waals surface area contributed by atoms with Crippen LogP contribution in [0.25, 0.3) is 0 Å². The van der Waals surface area contributed by atoms with Gasteiger partial charge >= 0.3 is 0 Å². The van der Waals surface area contributed by atoms with Crippen LogP contribution in [-0.4, -0.2) is 25.3 Å². The molecule has 0 radical (unpaired) electrons. The topological polar surface area (TPSA) is 52.7 Å². The van der Waals surface area contributed by atoms with Gasteiger partial charge in [-0.3, -0.25) is 14.2 Å². The van der Waals surface area contributed by atoms with Gasteiger partial charge in [-0.05, 0) is 25.8 Å². The summed E-state index contributed by atoms with van der Waals surface area (Å²) in [6.07, 6.45) is 6.17. The monoisotopic (exact) mass is 274 g/mol. The Kier molecular flexibility index (Phi) is 4.37. The van der Waals surface area contributed by atoms with Gasteiger partial charge in [0.25, 0.3) is 0 Å². The van der Waals surface area contributed by atoms with Gasteiger partial charge in [0.2, 0.25) is 0 Å². The van der Waals surface area contributed by atoms with Crippen molar-refractivity contribution in [2.75, 3.05) is 0 Å². The predicted molar refractivity (Wildman–Crippen MR) is 77.8 cm³/mol. The van der Waals surface area contributed by atoms with Gasteiger partial charge in [0.05, 0.1) is 29.4 Å². The molecule has 2 aromatic heterocycles. The molecule has 2 rings (SSSR count). The maximum absolute atomic E-state index is 12.3. The quantitative estimate of drug-likeness (QED) is 0.761. The smallest absolute Gasteiger partial charge is 0.172 e. The highest BCUT2D eigenvalue weighted by molar-refractivity contribution is 5.98. The zero-order chi connectivity index (χ0) is 14.7. The summed E-state index contributed by atoms with van der Waals surface area (Å²) in [6, 6.07) is 2.35. The van der Waals surface area contributed by atoms with E-state index in [1.807, 2.05) is 30.9 Å². The first-order chi connectivity index (χ1) is 9.55. The van der Waals surface area contributed by atoms with E-state index in [2.05, 4.69) is 24.0 Å². The number of hydrogen-bond acceptors (Lipinski definition) is 3. The largest absolute Gasteiger partial charge is 0.294 e. The molecule has 108 valence electrons. The maximum Gasteiger partial charge on any atom is 0.172 e. The Hall–Kier alpha value is -1.91. The van der Waals surface area contributed by atoms with Crippen LogP contribution in [0.1, 0.15) is 54.5 Å². The summed E-state index contributed by atoms with van der Waals surface area (Å²) in [7, 11) is 1.82. The van der Waals surface area contributed by atoms with Gasteiger partial charge in [0.1, 0.15) is 0 Å². The summed E-state index contributed by atoms with van der Waals surface area (Å²) in [4.78, 5) is 12.3. The number of hydrogen-bond donors (Lipinski definition) is 0. The molecule has 0 aromatic carbocycles. The van der Waals surface area contributed by atoms with E-state index in [4.69, 9.17) is 0 Å². The summed E-state index contributed by atoms with van der Waals surface area (Å²) in [5.41, 5.74) is 2.28. The first-order valence-corrected chi connectivity index (χ1v) is 7.12. The lowest BCUT2D eigenvalue weighted by Gasteiger charge is -2.12. The number of aromatic nitrogens is 4. The fourth-order valence-electron chi connectivity index (χ4n) is 2.47. The predicted octanol–water partition coefficient (Wildman–Crippen LogP) is 2.71. The number of ketones is 1. The molecule has 2 aromatic rings. The third-order valence-corrected chi connectivity index (χ3v) is 3.64. The molecule has 2 heterocycles. The van der Waals surface area contributed by atoms with Crippen LogP contribution in [0, 0.1) is 6.92 Å². The Morgan fingerprint density at radius 3 is 2.55 bits per heavy atom. The highest BCUT2D eigenvalue weighted by Gasteiger charge is 2.15. The molecule has 0 aliphatic heterocycles. The van der Waals surface area contributed by atoms with Gasteiger partial charge in [-0.1, -0.05) is 13.8 Å². The number of nitrogens with zero attached hydrogens (tertiary/aromatic N) is 4. The molecule has 0 amide bonds. The van der Waals surface area contributed by atoms with Gasteiger partial charge in [-0.15, -0.1) is 0 Å². The molecular formula is C15H22N4O. The molecule has 5 heteroatoms. The van der Waals surface area contributed by atoms with E-state index < -0.39 is 0 Å². The van der Waals surface area contributed by atoms with Crippen molar-refractivity contribution in [2.24, 2.45) is 7.05 Å². The Morgan fingerprint density at radius 1 is 1.30 bits per heavy atom. The Labute approximate surface area is 119 Å². The zero-order valence-corrected chi connectivity index (χ0v) is 12.6. The van der Waals surface area contributed by atoms with Crippen molar-refractivity contribution in [3.63, 3.8) is 0 Å². The van der Waals surface area contributed by atoms with Crippen molar-refractivity contribution in [1.82, 2.24) is 19.6 Å². The lowest BCUT2D eigenvalue weighted by Crippen LogP contribution is -2.09. The van der Waals surface area contributed by atoms with Crippen molar-refractivity contribution < 1.29 is 4.79 Å². The van der Waals surface area contributed by atoms with Crippen LogP contribution in [0.2, 0.25) is 0 Å². The first-order valence-electron chi connectivity index (χ1n) is 7.12. The molecule has 0 N–H and O–H groups in total. The molecule has 0 aliphatic rings. The highest BCUT2D eigenvalue weighted by Crippen LogP contribution is 2.15. The minimum atomic E-state index is 0.0744. The van der Waals surface area contributed by atoms with Crippen molar-refractivity contribution in [1.29, 1.82) is 0 Å². The second-order valence-electron chi connectivity index (χ2n) is 5.16. The van der Waals surface area contributed by atoms with Crippen molar-refractivity contribution in [3.8, 4) is 0 Å². The van der Waals surface area contributed by atoms with Gasteiger partial charge in [0.15, 0.2) is 5.78 Å². The van der Waals surface area contributed by atoms with Crippen LogP contribution in [0.4, 0.5) is 0 Å². The Morgan fingerprint density at radius 2 is 2.00 bits per heavy atom. The zero-order valence-electron chi connectivity index (χ0n) is 12.6. The van der Waals surface area contributed by atoms with E-state index in [1.165, 1.54) is 0 Å². The molecule has 0 saturated heterocycles. The summed E-state index contributed by atoms with van der Waals surface area (Å²) in [6.45, 7) is 6.16. The molecule has 0 fully saturated rings. The molecule has 0 unspecified atom stereocenters. The van der Waals surface area contributed by atoms with E-state index >= 15 is 0 Å². The summed E-state index contributed by atoms with van der Waals surface area (Å²) < 4.78 is 3.64. The van der Waals surface area contributed by atoms with E-state index in [-0.39, 0.29) is 5.78 Å². The summed E-state index contributed by atoms with van der Waals surface area (Å²) in [5, 5.41) is 8.73. The number of carbonyl (C=O) groups is 1. The van der Waals surface area contributed by atoms with E-state index in [0.717, 1.165) is 24.2 Å². The number of carbonyl (C=O) groups excluding carboxylic acids is 1. The highest BCUT2D eigenvalue weighted by atomic mass is 16.1. The van der Waals surface area contributed by atoms with Gasteiger partial charge < -0.3 is 0 Å². The van der Waals surface area contributed by atoms with Crippen molar-refractivity contribution >= 4 is 5.78 Å². The molecule has 0 saturated carbocycles. The van der Waals surface area contributed by atoms with Crippen molar-refractivity contribution in [2.45, 2.75) is 46.1 Å². The average Bonchev–Trinajstić information content (AvgIpc) is 2.98. The summed E-state index contributed by atoms with van der Waals surface area (Å²) in [5.74, 6) is 0.0744. The van der Waals surface area contributed by atoms with Gasteiger partial charge in [-0.2, -0.15) is 10.2 Å². The van der Waals surface area contributed by atoms with Gasteiger partial charge in [-0.25, -0.2) is 0 Å². The van der Waals surface area contributed by atoms with Crippen LogP contribution in [-0.2, 0) is 13.5 Å². The Balaban J connectivity index is 2.11. The molecule has 0 bridgehead atoms. The molecule has 0 atom stereocenters. The van der Waals surface area contributed by atoms with Gasteiger partial charge in [0, 0.05) is 19.4 Å². The third-order valence-electron chi connectivity index (χ3n) is 3.64. The van der Waals surface area contributed by atoms with Crippen LogP contribution < -0.4 is 0 Å². The van der Waals surface area contributed by atoms with Crippen LogP contribution >= 0.6 is 0 Å². The number of aryl methyl sites for hydroxylation is 2. The fraction of sp³-hybridized carbons (Fsp3) is 0.533. The maximum atomic E-state index is 12.3. The lowest BCUT2D eigenvalue weighted by molar-refractivity contribution is 0.0991. The molecule has 0 spiro atoms. The normalized spacial score (nSPS) is 11.2. The number of Topliss-reactive ketones (excluding diaryl/α,β-unsaturated/α-hetero) is 1. The second-order valence-corrected chi connectivity index (χ2v) is 5.16. The van der Waals surface area contributed by atoms with Crippen molar-refractivity contribution in [3.05, 3.63) is 35.4 Å². The Bertz CT molecular complexity index is 593. The SMILES string of the molecule is CCC(CC)n1ccc(CC(=O)c2cn(C)nc2C)n1. The standard InChI is InChI=1S/C15H22N4O/c1-5-13(6-2)19-8-7-12(17-19)9-15(20)14-10-18(4)16-11(14)3/h7-8,10,13H,5-6,9H2,1-4H3. The van der Waals surface area contributed by atoms with Crippen LogP contribution in [0.5, 0.6) is 0 Å². The molecule has 0 aliphatic carbocycles. The molecule has 20 heavy (non-hydrogen) atoms. The van der Waals surface area contributed by atoms with Crippen LogP contribution in [0.3, 0.4) is 0 Å². The third kappa shape index (κ3) is 2.98. The lowest BCUT2D eigenvalue weighted by atomic mass is 10.1. The first kappa shape index (κ1) is 14.5. The second kappa shape index (κ2) is 6.03. The minimum Gasteiger partial charge on any atom is -0.294 e. The average molecular weight is 274 g/mol. The minimum absolute atomic E-state index is 0.0744. The molecular weight excluding hydrogens is 252 g/mol.